The molecule has 1 fully saturated rings. The predicted octanol–water partition coefficient (Wildman–Crippen LogP) is 2.07. The molecule has 1 N–H and O–H groups in total. The maximum absolute atomic E-state index is 6.00. The van der Waals surface area contributed by atoms with Crippen molar-refractivity contribution >= 4 is 17.2 Å². The van der Waals surface area contributed by atoms with Crippen LogP contribution in [0.4, 0.5) is 0 Å². The van der Waals surface area contributed by atoms with Crippen LogP contribution in [-0.2, 0) is 6.42 Å². The molecule has 1 aliphatic heterocycles. The second kappa shape index (κ2) is 4.63. The average molecular weight is 251 g/mol. The quantitative estimate of drug-likeness (QED) is 0.887. The summed E-state index contributed by atoms with van der Waals surface area (Å²) in [5.74, 6) is 0.988. The molecule has 0 radical (unpaired) electrons. The molecule has 5 heteroatoms. The van der Waals surface area contributed by atoms with Crippen LogP contribution >= 0.6 is 11.6 Å². The van der Waals surface area contributed by atoms with Crippen LogP contribution in [0, 0.1) is 0 Å². The lowest BCUT2D eigenvalue weighted by molar-refractivity contribution is 0.393. The van der Waals surface area contributed by atoms with E-state index in [2.05, 4.69) is 15.5 Å². The summed E-state index contributed by atoms with van der Waals surface area (Å²) in [6, 6.07) is 4.26. The van der Waals surface area contributed by atoms with Crippen LogP contribution in [0.25, 0.3) is 5.65 Å². The Labute approximate surface area is 105 Å². The molecule has 2 aromatic rings. The highest BCUT2D eigenvalue weighted by Gasteiger charge is 2.16. The summed E-state index contributed by atoms with van der Waals surface area (Å²) in [6.07, 6.45) is 6.60. The van der Waals surface area contributed by atoms with Gasteiger partial charge in [-0.25, -0.2) is 0 Å². The number of piperidine rings is 1. The Morgan fingerprint density at radius 2 is 2.29 bits per heavy atom. The van der Waals surface area contributed by atoms with Gasteiger partial charge in [0.25, 0.3) is 0 Å². The van der Waals surface area contributed by atoms with Gasteiger partial charge in [0.15, 0.2) is 5.65 Å². The number of nitrogens with one attached hydrogen (secondary N) is 1. The molecule has 0 aliphatic carbocycles. The third-order valence-electron chi connectivity index (χ3n) is 3.28. The molecule has 0 amide bonds. The molecule has 1 atom stereocenters. The van der Waals surface area contributed by atoms with E-state index in [1.165, 1.54) is 19.3 Å². The summed E-state index contributed by atoms with van der Waals surface area (Å²) in [5, 5.41) is 12.6. The van der Waals surface area contributed by atoms with E-state index in [1.54, 1.807) is 0 Å². The maximum Gasteiger partial charge on any atom is 0.160 e. The first kappa shape index (κ1) is 11.0. The SMILES string of the molecule is Clc1ccc2nnc(CC3CCCCN3)n2c1. The summed E-state index contributed by atoms with van der Waals surface area (Å²) < 4.78 is 1.98. The van der Waals surface area contributed by atoms with E-state index in [0.29, 0.717) is 6.04 Å². The molecular weight excluding hydrogens is 236 g/mol. The van der Waals surface area contributed by atoms with Crippen molar-refractivity contribution in [3.8, 4) is 0 Å². The highest BCUT2D eigenvalue weighted by atomic mass is 35.5. The van der Waals surface area contributed by atoms with Crippen molar-refractivity contribution in [2.75, 3.05) is 6.54 Å². The van der Waals surface area contributed by atoms with E-state index < -0.39 is 0 Å². The minimum Gasteiger partial charge on any atom is -0.314 e. The van der Waals surface area contributed by atoms with Crippen LogP contribution < -0.4 is 5.32 Å². The highest BCUT2D eigenvalue weighted by Crippen LogP contribution is 2.15. The summed E-state index contributed by atoms with van der Waals surface area (Å²) >= 11 is 6.00. The van der Waals surface area contributed by atoms with E-state index in [0.717, 1.165) is 29.5 Å². The Bertz CT molecular complexity index is 516. The fourth-order valence-electron chi connectivity index (χ4n) is 2.37. The van der Waals surface area contributed by atoms with E-state index in [9.17, 15) is 0 Å². The zero-order valence-corrected chi connectivity index (χ0v) is 10.3. The lowest BCUT2D eigenvalue weighted by atomic mass is 10.0. The van der Waals surface area contributed by atoms with Gasteiger partial charge in [-0.05, 0) is 31.5 Å². The highest BCUT2D eigenvalue weighted by molar-refractivity contribution is 6.30. The number of halogens is 1. The Morgan fingerprint density at radius 1 is 1.35 bits per heavy atom. The summed E-state index contributed by atoms with van der Waals surface area (Å²) in [7, 11) is 0. The zero-order valence-electron chi connectivity index (χ0n) is 9.56. The van der Waals surface area contributed by atoms with E-state index in [4.69, 9.17) is 11.6 Å². The Kier molecular flexibility index (Phi) is 2.99. The zero-order chi connectivity index (χ0) is 11.7. The van der Waals surface area contributed by atoms with Crippen molar-refractivity contribution in [2.24, 2.45) is 0 Å². The van der Waals surface area contributed by atoms with Crippen LogP contribution in [0.3, 0.4) is 0 Å². The van der Waals surface area contributed by atoms with Crippen LogP contribution in [-0.4, -0.2) is 27.2 Å². The van der Waals surface area contributed by atoms with Crippen molar-refractivity contribution < 1.29 is 0 Å². The van der Waals surface area contributed by atoms with Crippen molar-refractivity contribution in [3.05, 3.63) is 29.2 Å². The fourth-order valence-corrected chi connectivity index (χ4v) is 2.53. The molecule has 0 aromatic carbocycles. The van der Waals surface area contributed by atoms with Gasteiger partial charge < -0.3 is 5.32 Å². The van der Waals surface area contributed by atoms with Gasteiger partial charge in [0.05, 0.1) is 5.02 Å². The molecule has 1 saturated heterocycles. The normalized spacial score (nSPS) is 20.9. The van der Waals surface area contributed by atoms with Gasteiger partial charge in [0, 0.05) is 18.7 Å². The third-order valence-corrected chi connectivity index (χ3v) is 3.50. The molecule has 3 rings (SSSR count). The van der Waals surface area contributed by atoms with Gasteiger partial charge in [0.1, 0.15) is 5.82 Å². The van der Waals surface area contributed by atoms with Crippen LogP contribution in [0.15, 0.2) is 18.3 Å². The topological polar surface area (TPSA) is 42.2 Å². The standard InChI is InChI=1S/C12H15ClN4/c13-9-4-5-11-15-16-12(17(11)8-9)7-10-3-1-2-6-14-10/h4-5,8,10,14H,1-3,6-7H2. The minimum atomic E-state index is 0.523. The summed E-state index contributed by atoms with van der Waals surface area (Å²) in [6.45, 7) is 1.11. The maximum atomic E-state index is 6.00. The number of pyridine rings is 1. The number of nitrogens with zero attached hydrogens (tertiary/aromatic N) is 3. The molecule has 0 spiro atoms. The lowest BCUT2D eigenvalue weighted by Gasteiger charge is -2.22. The van der Waals surface area contributed by atoms with Crippen LogP contribution in [0.2, 0.25) is 5.02 Å². The number of hydrogen-bond acceptors (Lipinski definition) is 3. The molecule has 3 heterocycles. The Hall–Kier alpha value is -1.13. The molecule has 1 aliphatic rings. The molecule has 90 valence electrons. The molecular formula is C12H15ClN4. The van der Waals surface area contributed by atoms with Crippen LogP contribution in [0.5, 0.6) is 0 Å². The first-order chi connectivity index (χ1) is 8.33. The minimum absolute atomic E-state index is 0.523. The molecule has 0 bridgehead atoms. The molecule has 4 nitrogen and oxygen atoms in total. The van der Waals surface area contributed by atoms with Gasteiger partial charge >= 0.3 is 0 Å². The van der Waals surface area contributed by atoms with Crippen molar-refractivity contribution in [3.63, 3.8) is 0 Å². The van der Waals surface area contributed by atoms with Gasteiger partial charge in [-0.1, -0.05) is 18.0 Å². The third kappa shape index (κ3) is 2.28. The van der Waals surface area contributed by atoms with Gasteiger partial charge in [-0.15, -0.1) is 10.2 Å². The number of fused-ring (bicyclic) bond motifs is 1. The number of hydrogen-bond donors (Lipinski definition) is 1. The molecule has 1 unspecified atom stereocenters. The number of aromatic nitrogens is 3. The molecule has 0 saturated carbocycles. The summed E-state index contributed by atoms with van der Waals surface area (Å²) in [4.78, 5) is 0. The first-order valence-corrected chi connectivity index (χ1v) is 6.43. The largest absolute Gasteiger partial charge is 0.314 e. The van der Waals surface area contributed by atoms with Crippen molar-refractivity contribution in [2.45, 2.75) is 31.7 Å². The van der Waals surface area contributed by atoms with Crippen molar-refractivity contribution in [1.82, 2.24) is 19.9 Å². The van der Waals surface area contributed by atoms with E-state index in [-0.39, 0.29) is 0 Å². The predicted molar refractivity (Wildman–Crippen MR) is 67.3 cm³/mol. The van der Waals surface area contributed by atoms with Gasteiger partial charge in [-0.3, -0.25) is 4.40 Å². The van der Waals surface area contributed by atoms with Gasteiger partial charge in [-0.2, -0.15) is 0 Å². The average Bonchev–Trinajstić information content (AvgIpc) is 2.73. The second-order valence-corrected chi connectivity index (χ2v) is 4.98. The Balaban J connectivity index is 1.86. The van der Waals surface area contributed by atoms with Crippen LogP contribution in [0.1, 0.15) is 25.1 Å². The smallest absolute Gasteiger partial charge is 0.160 e. The summed E-state index contributed by atoms with van der Waals surface area (Å²) in [5.41, 5.74) is 0.861. The van der Waals surface area contributed by atoms with Gasteiger partial charge in [0.2, 0.25) is 0 Å². The first-order valence-electron chi connectivity index (χ1n) is 6.05. The van der Waals surface area contributed by atoms with E-state index >= 15 is 0 Å². The fraction of sp³-hybridized carbons (Fsp3) is 0.500. The number of rotatable bonds is 2. The molecule has 2 aromatic heterocycles. The Morgan fingerprint density at radius 3 is 3.12 bits per heavy atom. The van der Waals surface area contributed by atoms with Crippen molar-refractivity contribution in [1.29, 1.82) is 0 Å². The monoisotopic (exact) mass is 250 g/mol. The lowest BCUT2D eigenvalue weighted by Crippen LogP contribution is -2.36. The second-order valence-electron chi connectivity index (χ2n) is 4.54. The molecule has 17 heavy (non-hydrogen) atoms. The van der Waals surface area contributed by atoms with E-state index in [1.807, 2.05) is 22.7 Å².